The van der Waals surface area contributed by atoms with Crippen LogP contribution in [-0.2, 0) is 4.79 Å². The number of carboxylic acid groups (broad SMARTS) is 1. The van der Waals surface area contributed by atoms with E-state index in [-0.39, 0.29) is 12.1 Å². The zero-order chi connectivity index (χ0) is 8.43. The lowest BCUT2D eigenvalue weighted by Crippen LogP contribution is -2.42. The van der Waals surface area contributed by atoms with Crippen LogP contribution >= 0.6 is 0 Å². The summed E-state index contributed by atoms with van der Waals surface area (Å²) in [6, 6.07) is -0.0494. The molecule has 0 spiro atoms. The fraction of sp³-hybridized carbons (Fsp3) is 0.875. The first-order chi connectivity index (χ1) is 5.11. The van der Waals surface area contributed by atoms with E-state index in [2.05, 4.69) is 5.32 Å². The van der Waals surface area contributed by atoms with Gasteiger partial charge in [-0.1, -0.05) is 13.8 Å². The maximum atomic E-state index is 10.7. The van der Waals surface area contributed by atoms with Crippen molar-refractivity contribution in [1.29, 1.82) is 0 Å². The van der Waals surface area contributed by atoms with Crippen LogP contribution in [0.15, 0.2) is 0 Å². The first-order valence-electron chi connectivity index (χ1n) is 4.10. The highest BCUT2D eigenvalue weighted by Crippen LogP contribution is 2.32. The summed E-state index contributed by atoms with van der Waals surface area (Å²) in [6.45, 7) is 3.94. The van der Waals surface area contributed by atoms with Gasteiger partial charge in [0.2, 0.25) is 0 Å². The minimum Gasteiger partial charge on any atom is -0.480 e. The molecule has 1 saturated carbocycles. The number of rotatable bonds is 4. The SMILES string of the molecule is CC(C)NC(C(=O)O)C1CC1. The fourth-order valence-electron chi connectivity index (χ4n) is 1.20. The molecule has 0 aromatic rings. The summed E-state index contributed by atoms with van der Waals surface area (Å²) in [5.74, 6) is -0.323. The molecule has 1 rings (SSSR count). The topological polar surface area (TPSA) is 49.3 Å². The molecule has 0 amide bonds. The lowest BCUT2D eigenvalue weighted by molar-refractivity contribution is -0.140. The second-order valence-electron chi connectivity index (χ2n) is 3.47. The van der Waals surface area contributed by atoms with Crippen molar-refractivity contribution in [3.8, 4) is 0 Å². The fourth-order valence-corrected chi connectivity index (χ4v) is 1.20. The normalized spacial score (nSPS) is 20.3. The predicted molar refractivity (Wildman–Crippen MR) is 42.4 cm³/mol. The quantitative estimate of drug-likeness (QED) is 0.636. The van der Waals surface area contributed by atoms with Crippen molar-refractivity contribution in [2.45, 2.75) is 38.8 Å². The van der Waals surface area contributed by atoms with Gasteiger partial charge in [-0.15, -0.1) is 0 Å². The van der Waals surface area contributed by atoms with E-state index in [1.165, 1.54) is 0 Å². The summed E-state index contributed by atoms with van der Waals surface area (Å²) in [6.07, 6.45) is 2.13. The maximum absolute atomic E-state index is 10.7. The minimum absolute atomic E-state index is 0.261. The number of nitrogens with one attached hydrogen (secondary N) is 1. The number of hydrogen-bond acceptors (Lipinski definition) is 2. The highest BCUT2D eigenvalue weighted by Gasteiger charge is 2.36. The Bertz CT molecular complexity index is 152. The van der Waals surface area contributed by atoms with Crippen LogP contribution in [0.2, 0.25) is 0 Å². The van der Waals surface area contributed by atoms with E-state index in [1.54, 1.807) is 0 Å². The number of carboxylic acids is 1. The lowest BCUT2D eigenvalue weighted by atomic mass is 10.1. The first-order valence-corrected chi connectivity index (χ1v) is 4.10. The van der Waals surface area contributed by atoms with Crippen molar-refractivity contribution in [2.75, 3.05) is 0 Å². The number of carbonyl (C=O) groups is 1. The standard InChI is InChI=1S/C8H15NO2/c1-5(2)9-7(8(10)11)6-3-4-6/h5-7,9H,3-4H2,1-2H3,(H,10,11). The van der Waals surface area contributed by atoms with E-state index in [4.69, 9.17) is 5.11 Å². The van der Waals surface area contributed by atoms with Crippen LogP contribution in [-0.4, -0.2) is 23.2 Å². The van der Waals surface area contributed by atoms with E-state index in [0.29, 0.717) is 5.92 Å². The molecular formula is C8H15NO2. The monoisotopic (exact) mass is 157 g/mol. The van der Waals surface area contributed by atoms with Crippen LogP contribution in [0.25, 0.3) is 0 Å². The summed E-state index contributed by atoms with van der Waals surface area (Å²) in [5, 5.41) is 11.8. The van der Waals surface area contributed by atoms with Gasteiger partial charge in [0, 0.05) is 6.04 Å². The summed E-state index contributed by atoms with van der Waals surface area (Å²) in [7, 11) is 0. The summed E-state index contributed by atoms with van der Waals surface area (Å²) >= 11 is 0. The van der Waals surface area contributed by atoms with E-state index >= 15 is 0 Å². The molecule has 3 nitrogen and oxygen atoms in total. The van der Waals surface area contributed by atoms with Gasteiger partial charge in [0.25, 0.3) is 0 Å². The predicted octanol–water partition coefficient (Wildman–Crippen LogP) is 0.848. The molecule has 64 valence electrons. The molecule has 2 N–H and O–H groups in total. The first kappa shape index (κ1) is 8.53. The Morgan fingerprint density at radius 2 is 2.09 bits per heavy atom. The zero-order valence-corrected chi connectivity index (χ0v) is 7.00. The Hall–Kier alpha value is -0.570. The van der Waals surface area contributed by atoms with Gasteiger partial charge in [-0.05, 0) is 18.8 Å². The van der Waals surface area contributed by atoms with Crippen LogP contribution in [0.1, 0.15) is 26.7 Å². The van der Waals surface area contributed by atoms with Crippen molar-refractivity contribution in [1.82, 2.24) is 5.32 Å². The summed E-state index contributed by atoms with van der Waals surface area (Å²) in [5.41, 5.74) is 0. The van der Waals surface area contributed by atoms with Gasteiger partial charge >= 0.3 is 5.97 Å². The Labute approximate surface area is 66.8 Å². The molecule has 11 heavy (non-hydrogen) atoms. The van der Waals surface area contributed by atoms with Crippen LogP contribution in [0.3, 0.4) is 0 Å². The largest absolute Gasteiger partial charge is 0.480 e. The molecule has 0 aliphatic heterocycles. The van der Waals surface area contributed by atoms with Crippen molar-refractivity contribution >= 4 is 5.97 Å². The number of hydrogen-bond donors (Lipinski definition) is 2. The van der Waals surface area contributed by atoms with Crippen LogP contribution in [0, 0.1) is 5.92 Å². The van der Waals surface area contributed by atoms with Gasteiger partial charge in [0.15, 0.2) is 0 Å². The second-order valence-corrected chi connectivity index (χ2v) is 3.47. The molecule has 0 aromatic carbocycles. The van der Waals surface area contributed by atoms with Crippen molar-refractivity contribution in [2.24, 2.45) is 5.92 Å². The molecule has 1 fully saturated rings. The molecular weight excluding hydrogens is 142 g/mol. The molecule has 1 unspecified atom stereocenters. The summed E-state index contributed by atoms with van der Waals surface area (Å²) in [4.78, 5) is 10.7. The van der Waals surface area contributed by atoms with Gasteiger partial charge in [-0.25, -0.2) is 0 Å². The smallest absolute Gasteiger partial charge is 0.320 e. The average molecular weight is 157 g/mol. The third-order valence-electron chi connectivity index (χ3n) is 1.87. The van der Waals surface area contributed by atoms with E-state index in [1.807, 2.05) is 13.8 Å². The Balaban J connectivity index is 2.38. The molecule has 3 heteroatoms. The van der Waals surface area contributed by atoms with Gasteiger partial charge in [-0.3, -0.25) is 4.79 Å². The van der Waals surface area contributed by atoms with Crippen molar-refractivity contribution in [3.05, 3.63) is 0 Å². The third kappa shape index (κ3) is 2.50. The molecule has 0 radical (unpaired) electrons. The van der Waals surface area contributed by atoms with E-state index in [0.717, 1.165) is 12.8 Å². The van der Waals surface area contributed by atoms with E-state index < -0.39 is 5.97 Å². The lowest BCUT2D eigenvalue weighted by Gasteiger charge is -2.15. The minimum atomic E-state index is -0.707. The third-order valence-corrected chi connectivity index (χ3v) is 1.87. The van der Waals surface area contributed by atoms with Crippen LogP contribution < -0.4 is 5.32 Å². The highest BCUT2D eigenvalue weighted by atomic mass is 16.4. The summed E-state index contributed by atoms with van der Waals surface area (Å²) < 4.78 is 0. The molecule has 0 aromatic heterocycles. The van der Waals surface area contributed by atoms with Gasteiger partial charge in [0.05, 0.1) is 0 Å². The average Bonchev–Trinajstić information content (AvgIpc) is 2.63. The van der Waals surface area contributed by atoms with Gasteiger partial charge < -0.3 is 10.4 Å². The second kappa shape index (κ2) is 3.22. The van der Waals surface area contributed by atoms with E-state index in [9.17, 15) is 4.79 Å². The molecule has 1 aliphatic rings. The Morgan fingerprint density at radius 3 is 2.36 bits per heavy atom. The molecule has 1 atom stereocenters. The molecule has 0 heterocycles. The Kier molecular flexibility index (Phi) is 2.49. The van der Waals surface area contributed by atoms with Crippen molar-refractivity contribution in [3.63, 3.8) is 0 Å². The molecule has 0 bridgehead atoms. The van der Waals surface area contributed by atoms with Crippen molar-refractivity contribution < 1.29 is 9.90 Å². The molecule has 1 aliphatic carbocycles. The van der Waals surface area contributed by atoms with Crippen LogP contribution in [0.5, 0.6) is 0 Å². The van der Waals surface area contributed by atoms with Crippen LogP contribution in [0.4, 0.5) is 0 Å². The highest BCUT2D eigenvalue weighted by molar-refractivity contribution is 5.74. The maximum Gasteiger partial charge on any atom is 0.320 e. The van der Waals surface area contributed by atoms with Gasteiger partial charge in [-0.2, -0.15) is 0 Å². The Morgan fingerprint density at radius 1 is 1.55 bits per heavy atom. The number of aliphatic carboxylic acids is 1. The van der Waals surface area contributed by atoms with Gasteiger partial charge in [0.1, 0.15) is 6.04 Å². The zero-order valence-electron chi connectivity index (χ0n) is 7.00. The molecule has 0 saturated heterocycles.